The minimum Gasteiger partial charge on any atom is -0.494 e. The van der Waals surface area contributed by atoms with Crippen LogP contribution in [0.15, 0.2) is 70.5 Å². The first kappa shape index (κ1) is 17.8. The molecule has 0 bridgehead atoms. The second-order valence-electron chi connectivity index (χ2n) is 5.84. The number of H-pyrrole nitrogens is 1. The number of aromatic amines is 1. The molecule has 3 aromatic rings. The molecule has 0 aliphatic rings. The van der Waals surface area contributed by atoms with E-state index in [4.69, 9.17) is 12.2 Å². The first-order chi connectivity index (χ1) is 12.6. The molecule has 0 radical (unpaired) electrons. The Morgan fingerprint density at radius 2 is 1.65 bits per heavy atom. The van der Waals surface area contributed by atoms with Gasteiger partial charge in [-0.1, -0.05) is 60.7 Å². The van der Waals surface area contributed by atoms with Gasteiger partial charge in [-0.3, -0.25) is 19.3 Å². The molecule has 1 aromatic heterocycles. The highest BCUT2D eigenvalue weighted by molar-refractivity contribution is 7.71. The van der Waals surface area contributed by atoms with Crippen molar-refractivity contribution in [3.8, 4) is 5.88 Å². The van der Waals surface area contributed by atoms with Crippen molar-refractivity contribution in [1.82, 2.24) is 9.55 Å². The standard InChI is InChI=1S/C20H19N3O2S/c24-18-17(13-21-12-11-15-7-3-1-4-8-15)19(25)23(20(26)22-18)14-16-9-5-2-6-10-16/h1-10,13,25H,11-12,14H2,(H,22,24,26). The third-order valence-corrected chi connectivity index (χ3v) is 4.31. The predicted octanol–water partition coefficient (Wildman–Crippen LogP) is 3.32. The van der Waals surface area contributed by atoms with E-state index in [9.17, 15) is 9.90 Å². The minimum atomic E-state index is -0.444. The normalized spacial score (nSPS) is 11.1. The average Bonchev–Trinajstić information content (AvgIpc) is 2.66. The van der Waals surface area contributed by atoms with Crippen LogP contribution in [0, 0.1) is 4.77 Å². The van der Waals surface area contributed by atoms with E-state index < -0.39 is 5.56 Å². The summed E-state index contributed by atoms with van der Waals surface area (Å²) in [5.41, 5.74) is 1.81. The van der Waals surface area contributed by atoms with E-state index in [-0.39, 0.29) is 16.2 Å². The Bertz CT molecular complexity index is 1010. The van der Waals surface area contributed by atoms with Crippen LogP contribution in [-0.2, 0) is 13.0 Å². The Hall–Kier alpha value is -2.99. The summed E-state index contributed by atoms with van der Waals surface area (Å²) in [6, 6.07) is 19.6. The van der Waals surface area contributed by atoms with E-state index in [0.29, 0.717) is 13.1 Å². The number of nitrogens with zero attached hydrogens (tertiary/aromatic N) is 2. The Kier molecular flexibility index (Phi) is 5.76. The molecular formula is C20H19N3O2S. The number of aliphatic imine (C=N–C) groups is 1. The molecule has 2 aromatic carbocycles. The van der Waals surface area contributed by atoms with Gasteiger partial charge < -0.3 is 5.11 Å². The zero-order chi connectivity index (χ0) is 18.4. The second kappa shape index (κ2) is 8.40. The largest absolute Gasteiger partial charge is 0.494 e. The summed E-state index contributed by atoms with van der Waals surface area (Å²) in [6.45, 7) is 0.893. The van der Waals surface area contributed by atoms with Gasteiger partial charge in [-0.05, 0) is 29.8 Å². The average molecular weight is 365 g/mol. The molecule has 0 amide bonds. The summed E-state index contributed by atoms with van der Waals surface area (Å²) in [5.74, 6) is -0.175. The molecule has 1 heterocycles. The van der Waals surface area contributed by atoms with Crippen LogP contribution in [0.5, 0.6) is 5.88 Å². The monoisotopic (exact) mass is 365 g/mol. The van der Waals surface area contributed by atoms with Gasteiger partial charge >= 0.3 is 0 Å². The van der Waals surface area contributed by atoms with Crippen LogP contribution >= 0.6 is 12.2 Å². The summed E-state index contributed by atoms with van der Waals surface area (Å²) in [6.07, 6.45) is 2.17. The Labute approximate surface area is 156 Å². The van der Waals surface area contributed by atoms with Gasteiger partial charge in [0.1, 0.15) is 5.56 Å². The van der Waals surface area contributed by atoms with Gasteiger partial charge in [0.05, 0.1) is 6.54 Å². The van der Waals surface area contributed by atoms with Crippen molar-refractivity contribution in [2.24, 2.45) is 4.99 Å². The fraction of sp³-hybridized carbons (Fsp3) is 0.150. The highest BCUT2D eigenvalue weighted by Gasteiger charge is 2.11. The lowest BCUT2D eigenvalue weighted by Gasteiger charge is -2.11. The lowest BCUT2D eigenvalue weighted by molar-refractivity contribution is 0.411. The first-order valence-corrected chi connectivity index (χ1v) is 8.70. The fourth-order valence-electron chi connectivity index (χ4n) is 2.60. The maximum atomic E-state index is 12.1. The summed E-state index contributed by atoms with van der Waals surface area (Å²) >= 11 is 5.19. The zero-order valence-electron chi connectivity index (χ0n) is 14.1. The van der Waals surface area contributed by atoms with E-state index in [2.05, 4.69) is 9.98 Å². The van der Waals surface area contributed by atoms with E-state index in [0.717, 1.165) is 12.0 Å². The molecule has 0 fully saturated rings. The highest BCUT2D eigenvalue weighted by Crippen LogP contribution is 2.14. The maximum absolute atomic E-state index is 12.1. The molecule has 132 valence electrons. The van der Waals surface area contributed by atoms with Gasteiger partial charge in [0.15, 0.2) is 4.77 Å². The van der Waals surface area contributed by atoms with Crippen LogP contribution in [0.1, 0.15) is 16.7 Å². The van der Waals surface area contributed by atoms with E-state index in [1.165, 1.54) is 16.3 Å². The molecule has 3 rings (SSSR count). The predicted molar refractivity (Wildman–Crippen MR) is 106 cm³/mol. The lowest BCUT2D eigenvalue weighted by Crippen LogP contribution is -2.19. The smallest absolute Gasteiger partial charge is 0.264 e. The molecule has 0 spiro atoms. The van der Waals surface area contributed by atoms with Crippen LogP contribution in [-0.4, -0.2) is 27.4 Å². The number of aromatic nitrogens is 2. The minimum absolute atomic E-state index is 0.114. The molecule has 26 heavy (non-hydrogen) atoms. The molecule has 0 aliphatic heterocycles. The van der Waals surface area contributed by atoms with Crippen molar-refractivity contribution in [3.63, 3.8) is 0 Å². The number of hydrogen-bond donors (Lipinski definition) is 2. The number of aromatic hydroxyl groups is 1. The highest BCUT2D eigenvalue weighted by atomic mass is 32.1. The molecule has 5 nitrogen and oxygen atoms in total. The van der Waals surface area contributed by atoms with Crippen LogP contribution in [0.2, 0.25) is 0 Å². The molecule has 6 heteroatoms. The van der Waals surface area contributed by atoms with Crippen LogP contribution in [0.4, 0.5) is 0 Å². The molecule has 0 unspecified atom stereocenters. The Morgan fingerprint density at radius 1 is 1.04 bits per heavy atom. The first-order valence-electron chi connectivity index (χ1n) is 8.29. The third-order valence-electron chi connectivity index (χ3n) is 3.98. The lowest BCUT2D eigenvalue weighted by atomic mass is 10.1. The second-order valence-corrected chi connectivity index (χ2v) is 6.23. The van der Waals surface area contributed by atoms with Gasteiger partial charge in [0.25, 0.3) is 5.56 Å². The quantitative estimate of drug-likeness (QED) is 0.520. The van der Waals surface area contributed by atoms with Gasteiger partial charge in [0.2, 0.25) is 5.88 Å². The van der Waals surface area contributed by atoms with Crippen molar-refractivity contribution in [2.45, 2.75) is 13.0 Å². The van der Waals surface area contributed by atoms with Gasteiger partial charge in [-0.2, -0.15) is 0 Å². The molecule has 0 saturated heterocycles. The summed E-state index contributed by atoms with van der Waals surface area (Å²) < 4.78 is 1.67. The van der Waals surface area contributed by atoms with E-state index >= 15 is 0 Å². The molecular weight excluding hydrogens is 346 g/mol. The SMILES string of the molecule is O=c1[nH]c(=S)n(Cc2ccccc2)c(O)c1C=NCCc1ccccc1. The summed E-state index contributed by atoms with van der Waals surface area (Å²) in [5, 5.41) is 10.5. The topological polar surface area (TPSA) is 70.4 Å². The fourth-order valence-corrected chi connectivity index (χ4v) is 2.84. The van der Waals surface area contributed by atoms with Crippen molar-refractivity contribution in [2.75, 3.05) is 6.54 Å². The van der Waals surface area contributed by atoms with Crippen LogP contribution in [0.25, 0.3) is 0 Å². The summed E-state index contributed by atoms with van der Waals surface area (Å²) in [4.78, 5) is 19.0. The van der Waals surface area contributed by atoms with Crippen molar-refractivity contribution >= 4 is 18.4 Å². The maximum Gasteiger partial charge on any atom is 0.264 e. The van der Waals surface area contributed by atoms with Crippen LogP contribution < -0.4 is 5.56 Å². The zero-order valence-corrected chi connectivity index (χ0v) is 14.9. The van der Waals surface area contributed by atoms with Crippen molar-refractivity contribution in [1.29, 1.82) is 0 Å². The number of hydrogen-bond acceptors (Lipinski definition) is 4. The molecule has 0 atom stereocenters. The molecule has 2 N–H and O–H groups in total. The molecule has 0 saturated carbocycles. The number of benzene rings is 2. The molecule has 0 aliphatic carbocycles. The van der Waals surface area contributed by atoms with E-state index in [1.807, 2.05) is 60.7 Å². The number of rotatable bonds is 6. The Balaban J connectivity index is 1.80. The van der Waals surface area contributed by atoms with E-state index in [1.54, 1.807) is 0 Å². The van der Waals surface area contributed by atoms with Gasteiger partial charge in [-0.15, -0.1) is 0 Å². The summed E-state index contributed by atoms with van der Waals surface area (Å²) in [7, 11) is 0. The Morgan fingerprint density at radius 3 is 2.31 bits per heavy atom. The third kappa shape index (κ3) is 4.34. The van der Waals surface area contributed by atoms with Gasteiger partial charge in [0, 0.05) is 12.8 Å². The van der Waals surface area contributed by atoms with Crippen LogP contribution in [0.3, 0.4) is 0 Å². The van der Waals surface area contributed by atoms with Crippen molar-refractivity contribution in [3.05, 3.63) is 92.5 Å². The van der Waals surface area contributed by atoms with Crippen molar-refractivity contribution < 1.29 is 5.11 Å². The van der Waals surface area contributed by atoms with Gasteiger partial charge in [-0.25, -0.2) is 0 Å². The number of nitrogens with one attached hydrogen (secondary N) is 1.